The average molecular weight is 300 g/mol. The minimum absolute atomic E-state index is 0.0530. The first-order valence-corrected chi connectivity index (χ1v) is 7.28. The number of fused-ring (bicyclic) bond motifs is 1. The maximum absolute atomic E-state index is 10.9. The zero-order chi connectivity index (χ0) is 14.8. The number of carbonyl (C=O) groups is 1. The summed E-state index contributed by atoms with van der Waals surface area (Å²) in [7, 11) is 0. The lowest BCUT2D eigenvalue weighted by atomic mass is 10.2. The number of hydrogen-bond donors (Lipinski definition) is 2. The smallest absolute Gasteiger partial charge is 0.371 e. The summed E-state index contributed by atoms with van der Waals surface area (Å²) >= 11 is 1.60. The van der Waals surface area contributed by atoms with E-state index < -0.39 is 5.97 Å². The molecule has 4 nitrogen and oxygen atoms in total. The summed E-state index contributed by atoms with van der Waals surface area (Å²) in [5.74, 6) is -0.145. The molecule has 0 fully saturated rings. The van der Waals surface area contributed by atoms with Gasteiger partial charge in [0.25, 0.3) is 0 Å². The molecule has 0 amide bonds. The van der Waals surface area contributed by atoms with Crippen LogP contribution >= 0.6 is 11.8 Å². The fourth-order valence-electron chi connectivity index (χ4n) is 2.03. The summed E-state index contributed by atoms with van der Waals surface area (Å²) in [4.78, 5) is 11.9. The number of furan rings is 1. The van der Waals surface area contributed by atoms with E-state index in [0.717, 1.165) is 21.6 Å². The SMILES string of the molecule is O=C(O)c1cc2cc(CSc3cccc(O)c3)ccc2o1. The molecule has 5 heteroatoms. The topological polar surface area (TPSA) is 70.7 Å². The average Bonchev–Trinajstić information content (AvgIpc) is 2.88. The number of benzene rings is 2. The van der Waals surface area contributed by atoms with Crippen molar-refractivity contribution >= 4 is 28.7 Å². The number of aromatic hydroxyl groups is 1. The Morgan fingerprint density at radius 3 is 2.76 bits per heavy atom. The molecule has 1 aromatic heterocycles. The third kappa shape index (κ3) is 3.03. The number of phenolic OH excluding ortho intramolecular Hbond substituents is 1. The van der Waals surface area contributed by atoms with Gasteiger partial charge in [-0.1, -0.05) is 12.1 Å². The number of carboxylic acids is 1. The van der Waals surface area contributed by atoms with Crippen LogP contribution in [0.4, 0.5) is 0 Å². The number of thioether (sulfide) groups is 1. The van der Waals surface area contributed by atoms with Gasteiger partial charge in [-0.25, -0.2) is 4.79 Å². The van der Waals surface area contributed by atoms with E-state index in [1.165, 1.54) is 6.07 Å². The van der Waals surface area contributed by atoms with E-state index in [1.807, 2.05) is 18.2 Å². The third-order valence-electron chi connectivity index (χ3n) is 3.01. The van der Waals surface area contributed by atoms with Gasteiger partial charge in [-0.2, -0.15) is 0 Å². The predicted molar refractivity (Wildman–Crippen MR) is 80.8 cm³/mol. The molecule has 0 atom stereocenters. The van der Waals surface area contributed by atoms with Crippen molar-refractivity contribution in [3.8, 4) is 5.75 Å². The molecule has 0 saturated heterocycles. The molecule has 106 valence electrons. The van der Waals surface area contributed by atoms with Crippen LogP contribution in [-0.2, 0) is 5.75 Å². The highest BCUT2D eigenvalue weighted by atomic mass is 32.2. The Morgan fingerprint density at radius 2 is 2.00 bits per heavy atom. The molecule has 0 aliphatic rings. The first-order valence-electron chi connectivity index (χ1n) is 6.29. The van der Waals surface area contributed by atoms with E-state index in [4.69, 9.17) is 9.52 Å². The first-order chi connectivity index (χ1) is 10.1. The second kappa shape index (κ2) is 5.54. The molecule has 2 aromatic carbocycles. The van der Waals surface area contributed by atoms with Gasteiger partial charge in [0.2, 0.25) is 5.76 Å². The van der Waals surface area contributed by atoms with E-state index in [0.29, 0.717) is 5.58 Å². The molecule has 3 rings (SSSR count). The van der Waals surface area contributed by atoms with Crippen LogP contribution < -0.4 is 0 Å². The van der Waals surface area contributed by atoms with E-state index in [9.17, 15) is 9.90 Å². The molecule has 21 heavy (non-hydrogen) atoms. The van der Waals surface area contributed by atoms with Crippen molar-refractivity contribution in [2.24, 2.45) is 0 Å². The van der Waals surface area contributed by atoms with Crippen LogP contribution in [0.15, 0.2) is 57.8 Å². The fraction of sp³-hybridized carbons (Fsp3) is 0.0625. The lowest BCUT2D eigenvalue weighted by Crippen LogP contribution is -1.91. The summed E-state index contributed by atoms with van der Waals surface area (Å²) in [6.45, 7) is 0. The molecule has 1 heterocycles. The molecule has 0 aliphatic heterocycles. The highest BCUT2D eigenvalue weighted by Crippen LogP contribution is 2.28. The quantitative estimate of drug-likeness (QED) is 0.709. The molecule has 3 aromatic rings. The monoisotopic (exact) mass is 300 g/mol. The Morgan fingerprint density at radius 1 is 1.14 bits per heavy atom. The van der Waals surface area contributed by atoms with E-state index in [1.54, 1.807) is 36.0 Å². The van der Waals surface area contributed by atoms with Crippen LogP contribution in [-0.4, -0.2) is 16.2 Å². The second-order valence-electron chi connectivity index (χ2n) is 4.57. The lowest BCUT2D eigenvalue weighted by Gasteiger charge is -2.02. The van der Waals surface area contributed by atoms with Crippen molar-refractivity contribution in [3.05, 3.63) is 59.9 Å². The van der Waals surface area contributed by atoms with Gasteiger partial charge in [0.1, 0.15) is 11.3 Å². The van der Waals surface area contributed by atoms with Crippen LogP contribution in [0, 0.1) is 0 Å². The molecule has 0 saturated carbocycles. The van der Waals surface area contributed by atoms with Gasteiger partial charge in [-0.15, -0.1) is 11.8 Å². The minimum atomic E-state index is -1.07. The number of aromatic carboxylic acids is 1. The van der Waals surface area contributed by atoms with Crippen molar-refractivity contribution in [2.45, 2.75) is 10.6 Å². The lowest BCUT2D eigenvalue weighted by molar-refractivity contribution is 0.0665. The summed E-state index contributed by atoms with van der Waals surface area (Å²) in [5.41, 5.74) is 1.63. The van der Waals surface area contributed by atoms with Gasteiger partial charge in [0.05, 0.1) is 0 Å². The summed E-state index contributed by atoms with van der Waals surface area (Å²) < 4.78 is 5.22. The van der Waals surface area contributed by atoms with Gasteiger partial charge in [0.15, 0.2) is 0 Å². The highest BCUT2D eigenvalue weighted by molar-refractivity contribution is 7.98. The van der Waals surface area contributed by atoms with E-state index >= 15 is 0 Å². The van der Waals surface area contributed by atoms with Crippen molar-refractivity contribution in [2.75, 3.05) is 0 Å². The van der Waals surface area contributed by atoms with Gasteiger partial charge in [-0.05, 0) is 42.0 Å². The Bertz CT molecular complexity index is 807. The third-order valence-corrected chi connectivity index (χ3v) is 4.08. The number of phenols is 1. The zero-order valence-corrected chi connectivity index (χ0v) is 11.8. The predicted octanol–water partition coefficient (Wildman–Crippen LogP) is 4.13. The van der Waals surface area contributed by atoms with Crippen LogP contribution in [0.5, 0.6) is 5.75 Å². The summed E-state index contributed by atoms with van der Waals surface area (Å²) in [5, 5.41) is 19.1. The largest absolute Gasteiger partial charge is 0.508 e. The zero-order valence-electron chi connectivity index (χ0n) is 10.9. The fourth-order valence-corrected chi connectivity index (χ4v) is 2.92. The maximum atomic E-state index is 10.9. The standard InChI is InChI=1S/C16H12O4S/c17-12-2-1-3-13(8-12)21-9-10-4-5-14-11(6-10)7-15(20-14)16(18)19/h1-8,17H,9H2,(H,18,19). The van der Waals surface area contributed by atoms with Gasteiger partial charge in [0, 0.05) is 16.0 Å². The maximum Gasteiger partial charge on any atom is 0.371 e. The summed E-state index contributed by atoms with van der Waals surface area (Å²) in [6, 6.07) is 14.2. The Balaban J connectivity index is 1.79. The molecule has 0 radical (unpaired) electrons. The first kappa shape index (κ1) is 13.6. The van der Waals surface area contributed by atoms with Crippen LogP contribution in [0.2, 0.25) is 0 Å². The molecular weight excluding hydrogens is 288 g/mol. The molecule has 0 spiro atoms. The summed E-state index contributed by atoms with van der Waals surface area (Å²) in [6.07, 6.45) is 0. The van der Waals surface area contributed by atoms with Crippen molar-refractivity contribution in [1.82, 2.24) is 0 Å². The van der Waals surface area contributed by atoms with Crippen molar-refractivity contribution < 1.29 is 19.4 Å². The molecule has 2 N–H and O–H groups in total. The van der Waals surface area contributed by atoms with E-state index in [-0.39, 0.29) is 11.5 Å². The van der Waals surface area contributed by atoms with Gasteiger partial charge < -0.3 is 14.6 Å². The van der Waals surface area contributed by atoms with Crippen molar-refractivity contribution in [1.29, 1.82) is 0 Å². The number of hydrogen-bond acceptors (Lipinski definition) is 4. The normalized spacial score (nSPS) is 10.9. The highest BCUT2D eigenvalue weighted by Gasteiger charge is 2.10. The molecule has 0 bridgehead atoms. The van der Waals surface area contributed by atoms with Crippen molar-refractivity contribution in [3.63, 3.8) is 0 Å². The Labute approximate surface area is 125 Å². The van der Waals surface area contributed by atoms with Gasteiger partial charge in [-0.3, -0.25) is 0 Å². The Kier molecular flexibility index (Phi) is 3.58. The van der Waals surface area contributed by atoms with Gasteiger partial charge >= 0.3 is 5.97 Å². The second-order valence-corrected chi connectivity index (χ2v) is 5.62. The minimum Gasteiger partial charge on any atom is -0.508 e. The van der Waals surface area contributed by atoms with E-state index in [2.05, 4.69) is 0 Å². The number of rotatable bonds is 4. The molecule has 0 aliphatic carbocycles. The molecular formula is C16H12O4S. The number of carboxylic acid groups (broad SMARTS) is 1. The van der Waals surface area contributed by atoms with Crippen LogP contribution in [0.25, 0.3) is 11.0 Å². The van der Waals surface area contributed by atoms with Crippen LogP contribution in [0.3, 0.4) is 0 Å². The van der Waals surface area contributed by atoms with Crippen LogP contribution in [0.1, 0.15) is 16.1 Å². The Hall–Kier alpha value is -2.40. The molecule has 0 unspecified atom stereocenters.